The van der Waals surface area contributed by atoms with E-state index in [4.69, 9.17) is 23.2 Å². The second-order valence-electron chi connectivity index (χ2n) is 3.92. The lowest BCUT2D eigenvalue weighted by Gasteiger charge is -2.08. The van der Waals surface area contributed by atoms with E-state index in [0.717, 1.165) is 5.69 Å². The highest BCUT2D eigenvalue weighted by Gasteiger charge is 2.12. The van der Waals surface area contributed by atoms with E-state index in [-0.39, 0.29) is 5.91 Å². The predicted molar refractivity (Wildman–Crippen MR) is 75.5 cm³/mol. The highest BCUT2D eigenvalue weighted by atomic mass is 35.5. The Bertz CT molecular complexity index is 595. The van der Waals surface area contributed by atoms with E-state index >= 15 is 0 Å². The molecule has 1 N–H and O–H groups in total. The van der Waals surface area contributed by atoms with E-state index in [1.54, 1.807) is 35.1 Å². The quantitative estimate of drug-likeness (QED) is 0.942. The van der Waals surface area contributed by atoms with Gasteiger partial charge in [-0.2, -0.15) is 5.10 Å². The van der Waals surface area contributed by atoms with Gasteiger partial charge in [-0.15, -0.1) is 0 Å². The van der Waals surface area contributed by atoms with Crippen LogP contribution >= 0.6 is 23.2 Å². The number of hydrogen-bond acceptors (Lipinski definition) is 2. The molecule has 2 rings (SSSR count). The normalized spacial score (nSPS) is 10.5. The molecular formula is C13H13Cl2N3O. The molecule has 0 aliphatic heterocycles. The average Bonchev–Trinajstić information content (AvgIpc) is 2.77. The molecule has 0 aliphatic carbocycles. The van der Waals surface area contributed by atoms with E-state index in [9.17, 15) is 4.79 Å². The average molecular weight is 298 g/mol. The highest BCUT2D eigenvalue weighted by Crippen LogP contribution is 2.17. The maximum absolute atomic E-state index is 12.0. The van der Waals surface area contributed by atoms with Gasteiger partial charge >= 0.3 is 0 Å². The van der Waals surface area contributed by atoms with Crippen molar-refractivity contribution in [3.63, 3.8) is 0 Å². The lowest BCUT2D eigenvalue weighted by Crippen LogP contribution is -2.24. The number of nitrogens with one attached hydrogen (secondary N) is 1. The van der Waals surface area contributed by atoms with Gasteiger partial charge in [0.25, 0.3) is 5.91 Å². The fraction of sp³-hybridized carbons (Fsp3) is 0.231. The standard InChI is InChI=1S/C13H13Cl2N3O/c1-2-18-12(11(15)7-17-18)8-16-13(19)9-5-3-4-6-10(9)14/h3-7H,2,8H2,1H3,(H,16,19). The van der Waals surface area contributed by atoms with Gasteiger partial charge in [-0.1, -0.05) is 35.3 Å². The molecule has 1 heterocycles. The van der Waals surface area contributed by atoms with Crippen LogP contribution in [0.15, 0.2) is 30.5 Å². The zero-order valence-electron chi connectivity index (χ0n) is 10.4. The number of hydrogen-bond donors (Lipinski definition) is 1. The summed E-state index contributed by atoms with van der Waals surface area (Å²) in [5.41, 5.74) is 1.23. The smallest absolute Gasteiger partial charge is 0.253 e. The van der Waals surface area contributed by atoms with Crippen molar-refractivity contribution in [3.8, 4) is 0 Å². The van der Waals surface area contributed by atoms with Gasteiger partial charge in [0, 0.05) is 6.54 Å². The zero-order chi connectivity index (χ0) is 13.8. The summed E-state index contributed by atoms with van der Waals surface area (Å²) in [6.45, 7) is 2.98. The minimum atomic E-state index is -0.231. The van der Waals surface area contributed by atoms with Crippen LogP contribution in [0.2, 0.25) is 10.0 Å². The van der Waals surface area contributed by atoms with Gasteiger partial charge in [0.2, 0.25) is 0 Å². The minimum Gasteiger partial charge on any atom is -0.346 e. The van der Waals surface area contributed by atoms with Crippen LogP contribution in [-0.4, -0.2) is 15.7 Å². The number of nitrogens with zero attached hydrogens (tertiary/aromatic N) is 2. The molecule has 1 aromatic carbocycles. The van der Waals surface area contributed by atoms with Crippen molar-refractivity contribution in [1.29, 1.82) is 0 Å². The van der Waals surface area contributed by atoms with Crippen LogP contribution in [0.1, 0.15) is 23.0 Å². The van der Waals surface area contributed by atoms with Crippen LogP contribution in [0, 0.1) is 0 Å². The number of carbonyl (C=O) groups is 1. The molecule has 1 amide bonds. The Hall–Kier alpha value is -1.52. The summed E-state index contributed by atoms with van der Waals surface area (Å²) in [5, 5.41) is 7.87. The largest absolute Gasteiger partial charge is 0.346 e. The Morgan fingerprint density at radius 2 is 2.05 bits per heavy atom. The van der Waals surface area contributed by atoms with Crippen molar-refractivity contribution < 1.29 is 4.79 Å². The van der Waals surface area contributed by atoms with E-state index < -0.39 is 0 Å². The van der Waals surface area contributed by atoms with Gasteiger partial charge < -0.3 is 5.32 Å². The second kappa shape index (κ2) is 6.08. The first kappa shape index (κ1) is 13.9. The van der Waals surface area contributed by atoms with Crippen molar-refractivity contribution >= 4 is 29.1 Å². The van der Waals surface area contributed by atoms with Crippen LogP contribution in [-0.2, 0) is 13.1 Å². The van der Waals surface area contributed by atoms with Gasteiger partial charge in [0.1, 0.15) is 0 Å². The lowest BCUT2D eigenvalue weighted by molar-refractivity contribution is 0.0950. The first-order valence-electron chi connectivity index (χ1n) is 5.86. The Kier molecular flexibility index (Phi) is 4.45. The summed E-state index contributed by atoms with van der Waals surface area (Å²) in [4.78, 5) is 12.0. The molecule has 0 fully saturated rings. The molecule has 2 aromatic rings. The van der Waals surface area contributed by atoms with Crippen molar-refractivity contribution in [2.24, 2.45) is 0 Å². The summed E-state index contributed by atoms with van der Waals surface area (Å²) < 4.78 is 1.75. The molecule has 0 saturated carbocycles. The van der Waals surface area contributed by atoms with E-state index in [1.165, 1.54) is 0 Å². The molecule has 4 nitrogen and oxygen atoms in total. The monoisotopic (exact) mass is 297 g/mol. The molecule has 0 saturated heterocycles. The topological polar surface area (TPSA) is 46.9 Å². The van der Waals surface area contributed by atoms with Crippen molar-refractivity contribution in [2.45, 2.75) is 20.0 Å². The summed E-state index contributed by atoms with van der Waals surface area (Å²) in [5.74, 6) is -0.231. The lowest BCUT2D eigenvalue weighted by atomic mass is 10.2. The van der Waals surface area contributed by atoms with Gasteiger partial charge in [-0.3, -0.25) is 9.48 Å². The SMILES string of the molecule is CCn1ncc(Cl)c1CNC(=O)c1ccccc1Cl. The van der Waals surface area contributed by atoms with E-state index in [0.29, 0.717) is 28.7 Å². The maximum Gasteiger partial charge on any atom is 0.253 e. The van der Waals surface area contributed by atoms with E-state index in [1.807, 2.05) is 6.92 Å². The number of amides is 1. The third kappa shape index (κ3) is 3.08. The first-order valence-corrected chi connectivity index (χ1v) is 6.62. The van der Waals surface area contributed by atoms with Gasteiger partial charge in [-0.25, -0.2) is 0 Å². The molecule has 6 heteroatoms. The van der Waals surface area contributed by atoms with Crippen LogP contribution in [0.4, 0.5) is 0 Å². The first-order chi connectivity index (χ1) is 9.13. The molecule has 19 heavy (non-hydrogen) atoms. The number of aromatic nitrogens is 2. The maximum atomic E-state index is 12.0. The summed E-state index contributed by atoms with van der Waals surface area (Å²) in [7, 11) is 0. The Balaban J connectivity index is 2.09. The van der Waals surface area contributed by atoms with Crippen molar-refractivity contribution in [3.05, 3.63) is 51.8 Å². The molecule has 0 aliphatic rings. The second-order valence-corrected chi connectivity index (χ2v) is 4.73. The van der Waals surface area contributed by atoms with Gasteiger partial charge in [0.15, 0.2) is 0 Å². The molecule has 0 bridgehead atoms. The predicted octanol–water partition coefficient (Wildman–Crippen LogP) is 3.14. The third-order valence-electron chi connectivity index (χ3n) is 2.73. The fourth-order valence-electron chi connectivity index (χ4n) is 1.74. The number of carbonyl (C=O) groups excluding carboxylic acids is 1. The van der Waals surface area contributed by atoms with Gasteiger partial charge in [-0.05, 0) is 19.1 Å². The van der Waals surface area contributed by atoms with Crippen LogP contribution in [0.3, 0.4) is 0 Å². The Morgan fingerprint density at radius 1 is 1.32 bits per heavy atom. The van der Waals surface area contributed by atoms with Crippen LogP contribution < -0.4 is 5.32 Å². The molecule has 0 spiro atoms. The number of benzene rings is 1. The number of rotatable bonds is 4. The third-order valence-corrected chi connectivity index (χ3v) is 3.38. The minimum absolute atomic E-state index is 0.231. The van der Waals surface area contributed by atoms with Gasteiger partial charge in [0.05, 0.1) is 34.0 Å². The number of halogens is 2. The molecule has 0 unspecified atom stereocenters. The van der Waals surface area contributed by atoms with Crippen molar-refractivity contribution in [1.82, 2.24) is 15.1 Å². The number of aryl methyl sites for hydroxylation is 1. The Morgan fingerprint density at radius 3 is 2.74 bits per heavy atom. The fourth-order valence-corrected chi connectivity index (χ4v) is 2.17. The zero-order valence-corrected chi connectivity index (χ0v) is 11.9. The molecular weight excluding hydrogens is 285 g/mol. The van der Waals surface area contributed by atoms with Crippen molar-refractivity contribution in [2.75, 3.05) is 0 Å². The van der Waals surface area contributed by atoms with Crippen LogP contribution in [0.25, 0.3) is 0 Å². The molecule has 0 atom stereocenters. The summed E-state index contributed by atoms with van der Waals surface area (Å²) >= 11 is 12.0. The Labute approximate surface area is 121 Å². The van der Waals surface area contributed by atoms with Crippen LogP contribution in [0.5, 0.6) is 0 Å². The molecule has 100 valence electrons. The highest BCUT2D eigenvalue weighted by molar-refractivity contribution is 6.33. The molecule has 1 aromatic heterocycles. The van der Waals surface area contributed by atoms with E-state index in [2.05, 4.69) is 10.4 Å². The summed E-state index contributed by atoms with van der Waals surface area (Å²) in [6, 6.07) is 6.91. The molecule has 0 radical (unpaired) electrons. The summed E-state index contributed by atoms with van der Waals surface area (Å²) in [6.07, 6.45) is 1.57.